The molecule has 1 heterocycles. The van der Waals surface area contributed by atoms with E-state index in [1.807, 2.05) is 0 Å². The first-order valence-corrected chi connectivity index (χ1v) is 6.77. The minimum absolute atomic E-state index is 0.577. The van der Waals surface area contributed by atoms with Gasteiger partial charge in [-0.2, -0.15) is 0 Å². The summed E-state index contributed by atoms with van der Waals surface area (Å²) in [6.45, 7) is 3.43. The second-order valence-electron chi connectivity index (χ2n) is 4.95. The molecule has 1 aliphatic heterocycles. The molecule has 2 aromatic rings. The van der Waals surface area contributed by atoms with Crippen molar-refractivity contribution in [3.05, 3.63) is 71.8 Å². The molecule has 1 heteroatoms. The highest BCUT2D eigenvalue weighted by molar-refractivity contribution is 5.34. The van der Waals surface area contributed by atoms with Crippen molar-refractivity contribution in [3.63, 3.8) is 0 Å². The highest BCUT2D eigenvalue weighted by Gasteiger charge is 2.48. The predicted molar refractivity (Wildman–Crippen MR) is 75.4 cm³/mol. The molecule has 0 radical (unpaired) electrons. The lowest BCUT2D eigenvalue weighted by atomic mass is 10.0. The minimum atomic E-state index is 0.577. The Labute approximate surface area is 109 Å². The molecule has 0 spiro atoms. The smallest absolute Gasteiger partial charge is 0.0552 e. The van der Waals surface area contributed by atoms with Crippen LogP contribution in [0.4, 0.5) is 0 Å². The van der Waals surface area contributed by atoms with Crippen molar-refractivity contribution in [3.8, 4) is 0 Å². The van der Waals surface area contributed by atoms with Crippen LogP contribution in [0.25, 0.3) is 0 Å². The van der Waals surface area contributed by atoms with Crippen molar-refractivity contribution in [2.75, 3.05) is 6.54 Å². The van der Waals surface area contributed by atoms with E-state index in [1.54, 1.807) is 0 Å². The van der Waals surface area contributed by atoms with Gasteiger partial charge < -0.3 is 0 Å². The fourth-order valence-electron chi connectivity index (χ4n) is 2.86. The van der Waals surface area contributed by atoms with Crippen LogP contribution in [0.15, 0.2) is 60.7 Å². The van der Waals surface area contributed by atoms with Crippen molar-refractivity contribution >= 4 is 0 Å². The Morgan fingerprint density at radius 2 is 1.22 bits per heavy atom. The quantitative estimate of drug-likeness (QED) is 0.720. The average Bonchev–Trinajstić information content (AvgIpc) is 3.15. The lowest BCUT2D eigenvalue weighted by molar-refractivity contribution is 0.482. The zero-order chi connectivity index (χ0) is 12.4. The van der Waals surface area contributed by atoms with E-state index in [0.29, 0.717) is 12.1 Å². The number of nitrogens with zero attached hydrogens (tertiary/aromatic N) is 1. The van der Waals surface area contributed by atoms with Gasteiger partial charge in [0, 0.05) is 0 Å². The third-order valence-corrected chi connectivity index (χ3v) is 3.69. The monoisotopic (exact) mass is 237 g/mol. The first-order valence-electron chi connectivity index (χ1n) is 6.77. The van der Waals surface area contributed by atoms with Crippen molar-refractivity contribution in [1.82, 2.24) is 4.90 Å². The number of hydrogen-bond acceptors (Lipinski definition) is 1. The number of benzene rings is 2. The van der Waals surface area contributed by atoms with Gasteiger partial charge in [-0.25, -0.2) is 0 Å². The third kappa shape index (κ3) is 2.06. The Kier molecular flexibility index (Phi) is 3.16. The van der Waals surface area contributed by atoms with Gasteiger partial charge >= 0.3 is 0 Å². The van der Waals surface area contributed by atoms with Gasteiger partial charge in [0.1, 0.15) is 0 Å². The van der Waals surface area contributed by atoms with Gasteiger partial charge in [0.25, 0.3) is 0 Å². The molecule has 0 saturated carbocycles. The Bertz CT molecular complexity index is 446. The van der Waals surface area contributed by atoms with Crippen LogP contribution in [0.5, 0.6) is 0 Å². The summed E-state index contributed by atoms with van der Waals surface area (Å²) in [5.74, 6) is 0. The van der Waals surface area contributed by atoms with Crippen molar-refractivity contribution < 1.29 is 0 Å². The first-order chi connectivity index (χ1) is 8.92. The maximum atomic E-state index is 2.59. The Morgan fingerprint density at radius 3 is 1.61 bits per heavy atom. The summed E-state index contributed by atoms with van der Waals surface area (Å²) in [6, 6.07) is 22.9. The molecule has 1 aliphatic rings. The van der Waals surface area contributed by atoms with Gasteiger partial charge in [-0.3, -0.25) is 4.90 Å². The standard InChI is InChI=1S/C17H19N/c1-2-13-18-16(14-9-5-3-6-10-14)17(18)15-11-7-4-8-12-15/h3-12,16-17H,2,13H2,1H3/t16-,17-/m1/s1. The molecule has 0 bridgehead atoms. The molecule has 0 aromatic heterocycles. The third-order valence-electron chi connectivity index (χ3n) is 3.69. The molecule has 0 unspecified atom stereocenters. The molecule has 92 valence electrons. The van der Waals surface area contributed by atoms with Crippen molar-refractivity contribution in [2.45, 2.75) is 25.4 Å². The van der Waals surface area contributed by atoms with E-state index in [1.165, 1.54) is 24.1 Å². The normalized spacial score (nSPS) is 25.9. The molecular formula is C17H19N. The van der Waals surface area contributed by atoms with E-state index in [-0.39, 0.29) is 0 Å². The molecule has 3 rings (SSSR count). The summed E-state index contributed by atoms with van der Waals surface area (Å²) >= 11 is 0. The zero-order valence-electron chi connectivity index (χ0n) is 10.8. The van der Waals surface area contributed by atoms with Crippen LogP contribution in [0.1, 0.15) is 36.6 Å². The maximum Gasteiger partial charge on any atom is 0.0552 e. The molecule has 18 heavy (non-hydrogen) atoms. The van der Waals surface area contributed by atoms with E-state index in [4.69, 9.17) is 0 Å². The number of hydrogen-bond donors (Lipinski definition) is 0. The molecule has 0 aliphatic carbocycles. The van der Waals surface area contributed by atoms with E-state index in [9.17, 15) is 0 Å². The molecule has 1 fully saturated rings. The molecular weight excluding hydrogens is 218 g/mol. The lowest BCUT2D eigenvalue weighted by Crippen LogP contribution is -2.00. The van der Waals surface area contributed by atoms with Gasteiger partial charge in [0.15, 0.2) is 0 Å². The highest BCUT2D eigenvalue weighted by atomic mass is 15.3. The fraction of sp³-hybridized carbons (Fsp3) is 0.294. The summed E-state index contributed by atoms with van der Waals surface area (Å²) in [5.41, 5.74) is 2.89. The molecule has 2 atom stereocenters. The molecule has 0 amide bonds. The van der Waals surface area contributed by atoms with Crippen LogP contribution >= 0.6 is 0 Å². The summed E-state index contributed by atoms with van der Waals surface area (Å²) in [7, 11) is 0. The van der Waals surface area contributed by atoms with Gasteiger partial charge in [-0.15, -0.1) is 0 Å². The zero-order valence-corrected chi connectivity index (χ0v) is 10.8. The predicted octanol–water partition coefficient (Wildman–Crippen LogP) is 4.19. The van der Waals surface area contributed by atoms with E-state index in [2.05, 4.69) is 72.5 Å². The van der Waals surface area contributed by atoms with Crippen LogP contribution in [-0.2, 0) is 0 Å². The second-order valence-corrected chi connectivity index (χ2v) is 4.95. The Hall–Kier alpha value is -1.60. The van der Waals surface area contributed by atoms with Crippen molar-refractivity contribution in [1.29, 1.82) is 0 Å². The van der Waals surface area contributed by atoms with Gasteiger partial charge in [0.2, 0.25) is 0 Å². The number of rotatable bonds is 4. The highest BCUT2D eigenvalue weighted by Crippen LogP contribution is 2.54. The maximum absolute atomic E-state index is 2.59. The van der Waals surface area contributed by atoms with Crippen LogP contribution in [-0.4, -0.2) is 11.4 Å². The molecule has 1 saturated heterocycles. The van der Waals surface area contributed by atoms with E-state index in [0.717, 1.165) is 0 Å². The largest absolute Gasteiger partial charge is 0.286 e. The topological polar surface area (TPSA) is 3.01 Å². The molecule has 2 aromatic carbocycles. The van der Waals surface area contributed by atoms with E-state index < -0.39 is 0 Å². The Balaban J connectivity index is 1.86. The van der Waals surface area contributed by atoms with Gasteiger partial charge in [-0.05, 0) is 24.1 Å². The summed E-state index contributed by atoms with van der Waals surface area (Å²) in [6.07, 6.45) is 1.21. The van der Waals surface area contributed by atoms with Gasteiger partial charge in [0.05, 0.1) is 12.1 Å². The lowest BCUT2D eigenvalue weighted by Gasteiger charge is -2.00. The van der Waals surface area contributed by atoms with E-state index >= 15 is 0 Å². The second kappa shape index (κ2) is 4.95. The molecule has 0 N–H and O–H groups in total. The van der Waals surface area contributed by atoms with Crippen LogP contribution < -0.4 is 0 Å². The van der Waals surface area contributed by atoms with Crippen molar-refractivity contribution in [2.24, 2.45) is 0 Å². The first kappa shape index (κ1) is 11.5. The summed E-state index contributed by atoms with van der Waals surface area (Å²) in [5, 5.41) is 0. The summed E-state index contributed by atoms with van der Waals surface area (Å²) < 4.78 is 0. The Morgan fingerprint density at radius 1 is 0.778 bits per heavy atom. The van der Waals surface area contributed by atoms with Crippen LogP contribution in [0.2, 0.25) is 0 Å². The average molecular weight is 237 g/mol. The minimum Gasteiger partial charge on any atom is -0.286 e. The van der Waals surface area contributed by atoms with Gasteiger partial charge in [-0.1, -0.05) is 67.6 Å². The van der Waals surface area contributed by atoms with Crippen LogP contribution in [0, 0.1) is 0 Å². The van der Waals surface area contributed by atoms with Crippen LogP contribution in [0.3, 0.4) is 0 Å². The summed E-state index contributed by atoms with van der Waals surface area (Å²) in [4.78, 5) is 2.59. The molecule has 1 nitrogen and oxygen atoms in total. The SMILES string of the molecule is CCCN1[C@H](c2ccccc2)[C@H]1c1ccccc1. The fourth-order valence-corrected chi connectivity index (χ4v) is 2.86.